The van der Waals surface area contributed by atoms with Gasteiger partial charge in [0, 0.05) is 23.9 Å². The number of thiocarbonyl (C=S) groups is 1. The van der Waals surface area contributed by atoms with Crippen molar-refractivity contribution in [1.82, 2.24) is 10.8 Å². The standard InChI is InChI=1S/C23H23F3N2O3S/c24-23(25,26)19-11-9-18(10-12-19)20(14-16-5-7-17(15-32)8-6-16)22(30)27-13-3-1-2-4-21(29)28-31/h5-12,14-15,31H,1-4,13H2,(H,27,30)(H,28,29)/b20-14-. The third kappa shape index (κ3) is 7.90. The van der Waals surface area contributed by atoms with E-state index in [0.29, 0.717) is 36.9 Å². The summed E-state index contributed by atoms with van der Waals surface area (Å²) in [4.78, 5) is 23.8. The first kappa shape index (κ1) is 25.2. The van der Waals surface area contributed by atoms with Crippen molar-refractivity contribution in [2.75, 3.05) is 6.54 Å². The first-order valence-electron chi connectivity index (χ1n) is 9.90. The molecule has 3 N–H and O–H groups in total. The number of benzene rings is 2. The maximum atomic E-state index is 12.9. The molecule has 0 spiro atoms. The Kier molecular flexibility index (Phi) is 9.55. The average Bonchev–Trinajstić information content (AvgIpc) is 2.79. The van der Waals surface area contributed by atoms with Gasteiger partial charge in [0.25, 0.3) is 5.91 Å². The van der Waals surface area contributed by atoms with Gasteiger partial charge in [0.1, 0.15) is 0 Å². The Hall–Kier alpha value is -3.04. The molecule has 32 heavy (non-hydrogen) atoms. The number of carbonyl (C=O) groups excluding carboxylic acids is 2. The van der Waals surface area contributed by atoms with Gasteiger partial charge in [-0.25, -0.2) is 5.48 Å². The van der Waals surface area contributed by atoms with E-state index in [1.54, 1.807) is 35.8 Å². The number of halogens is 3. The predicted molar refractivity (Wildman–Crippen MR) is 120 cm³/mol. The molecule has 0 bridgehead atoms. The van der Waals surface area contributed by atoms with Crippen molar-refractivity contribution in [2.45, 2.75) is 31.9 Å². The molecule has 0 aliphatic heterocycles. The van der Waals surface area contributed by atoms with Crippen molar-refractivity contribution in [1.29, 1.82) is 0 Å². The lowest BCUT2D eigenvalue weighted by molar-refractivity contribution is -0.137. The summed E-state index contributed by atoms with van der Waals surface area (Å²) in [5.41, 5.74) is 2.87. The van der Waals surface area contributed by atoms with Crippen LogP contribution in [0.25, 0.3) is 11.6 Å². The molecule has 2 rings (SSSR count). The van der Waals surface area contributed by atoms with Crippen molar-refractivity contribution in [3.8, 4) is 0 Å². The number of hydrogen-bond donors (Lipinski definition) is 3. The molecular formula is C23H23F3N2O3S. The van der Waals surface area contributed by atoms with Crippen LogP contribution in [0.4, 0.5) is 13.2 Å². The lowest BCUT2D eigenvalue weighted by Gasteiger charge is -2.12. The lowest BCUT2D eigenvalue weighted by Crippen LogP contribution is -2.25. The first-order chi connectivity index (χ1) is 15.2. The highest BCUT2D eigenvalue weighted by atomic mass is 32.1. The zero-order chi connectivity index (χ0) is 23.6. The molecule has 5 nitrogen and oxygen atoms in total. The summed E-state index contributed by atoms with van der Waals surface area (Å²) in [7, 11) is 0. The largest absolute Gasteiger partial charge is 0.416 e. The third-order valence-electron chi connectivity index (χ3n) is 4.64. The molecule has 0 atom stereocenters. The minimum Gasteiger partial charge on any atom is -0.352 e. The highest BCUT2D eigenvalue weighted by Crippen LogP contribution is 2.30. The quantitative estimate of drug-likeness (QED) is 0.118. The van der Waals surface area contributed by atoms with Crippen molar-refractivity contribution in [3.63, 3.8) is 0 Å². The van der Waals surface area contributed by atoms with Crippen LogP contribution in [0.15, 0.2) is 48.5 Å². The molecule has 0 unspecified atom stereocenters. The van der Waals surface area contributed by atoms with Crippen LogP contribution in [0.2, 0.25) is 0 Å². The maximum Gasteiger partial charge on any atom is 0.416 e. The van der Waals surface area contributed by atoms with E-state index in [9.17, 15) is 22.8 Å². The van der Waals surface area contributed by atoms with E-state index < -0.39 is 23.6 Å². The van der Waals surface area contributed by atoms with Gasteiger partial charge in [-0.05, 0) is 47.7 Å². The van der Waals surface area contributed by atoms with Gasteiger partial charge in [-0.15, -0.1) is 0 Å². The molecule has 170 valence electrons. The number of alkyl halides is 3. The van der Waals surface area contributed by atoms with Crippen LogP contribution in [0.3, 0.4) is 0 Å². The van der Waals surface area contributed by atoms with Gasteiger partial charge in [0.15, 0.2) is 0 Å². The Labute approximate surface area is 189 Å². The van der Waals surface area contributed by atoms with E-state index in [1.807, 2.05) is 0 Å². The zero-order valence-electron chi connectivity index (χ0n) is 17.1. The lowest BCUT2D eigenvalue weighted by atomic mass is 10.00. The van der Waals surface area contributed by atoms with Gasteiger partial charge in [-0.2, -0.15) is 13.2 Å². The molecule has 0 radical (unpaired) electrons. The van der Waals surface area contributed by atoms with Crippen molar-refractivity contribution >= 4 is 41.0 Å². The number of hydrogen-bond acceptors (Lipinski definition) is 4. The summed E-state index contributed by atoms with van der Waals surface area (Å²) in [5.74, 6) is -0.891. The average molecular weight is 465 g/mol. The van der Waals surface area contributed by atoms with Gasteiger partial charge in [-0.3, -0.25) is 14.8 Å². The summed E-state index contributed by atoms with van der Waals surface area (Å²) >= 11 is 4.88. The molecule has 0 aliphatic rings. The van der Waals surface area contributed by atoms with Gasteiger partial charge in [-0.1, -0.05) is 55.0 Å². The Bertz CT molecular complexity index is 956. The van der Waals surface area contributed by atoms with Gasteiger partial charge in [0.2, 0.25) is 5.91 Å². The molecule has 0 aliphatic carbocycles. The van der Waals surface area contributed by atoms with Crippen LogP contribution >= 0.6 is 12.2 Å². The highest BCUT2D eigenvalue weighted by molar-refractivity contribution is 7.79. The Morgan fingerprint density at radius 2 is 1.56 bits per heavy atom. The fourth-order valence-corrected chi connectivity index (χ4v) is 3.05. The van der Waals surface area contributed by atoms with Crippen molar-refractivity contribution in [3.05, 3.63) is 70.8 Å². The summed E-state index contributed by atoms with van der Waals surface area (Å²) < 4.78 is 38.7. The van der Waals surface area contributed by atoms with Crippen LogP contribution in [0.1, 0.15) is 47.9 Å². The van der Waals surface area contributed by atoms with Crippen LogP contribution < -0.4 is 10.8 Å². The predicted octanol–water partition coefficient (Wildman–Crippen LogP) is 4.78. The summed E-state index contributed by atoms with van der Waals surface area (Å²) in [6.07, 6.45) is -0.861. The minimum absolute atomic E-state index is 0.179. The molecular weight excluding hydrogens is 441 g/mol. The highest BCUT2D eigenvalue weighted by Gasteiger charge is 2.30. The number of rotatable bonds is 10. The number of unbranched alkanes of at least 4 members (excludes halogenated alkanes) is 2. The molecule has 9 heteroatoms. The molecule has 0 saturated carbocycles. The van der Waals surface area contributed by atoms with Crippen LogP contribution in [-0.2, 0) is 15.8 Å². The van der Waals surface area contributed by atoms with Crippen molar-refractivity contribution < 1.29 is 28.0 Å². The van der Waals surface area contributed by atoms with E-state index in [0.717, 1.165) is 17.7 Å². The normalized spacial score (nSPS) is 11.7. The van der Waals surface area contributed by atoms with E-state index in [1.165, 1.54) is 17.5 Å². The minimum atomic E-state index is -4.46. The molecule has 0 fully saturated rings. The second-order valence-corrected chi connectivity index (χ2v) is 7.25. The van der Waals surface area contributed by atoms with Crippen LogP contribution in [0.5, 0.6) is 0 Å². The summed E-state index contributed by atoms with van der Waals surface area (Å²) in [6, 6.07) is 11.5. The molecule has 2 aromatic rings. The first-order valence-corrected chi connectivity index (χ1v) is 10.4. The SMILES string of the molecule is O=C(CCCCCNC(=O)/C(=C\c1ccc(C=S)cc1)c1ccc(C(F)(F)F)cc1)NO. The van der Waals surface area contributed by atoms with Crippen LogP contribution in [0, 0.1) is 0 Å². The maximum absolute atomic E-state index is 12.9. The van der Waals surface area contributed by atoms with Crippen LogP contribution in [-0.4, -0.2) is 28.9 Å². The fourth-order valence-electron chi connectivity index (χ4n) is 2.90. The molecule has 0 aromatic heterocycles. The van der Waals surface area contributed by atoms with E-state index >= 15 is 0 Å². The number of hydroxylamine groups is 1. The molecule has 2 aromatic carbocycles. The van der Waals surface area contributed by atoms with Gasteiger partial charge >= 0.3 is 6.18 Å². The monoisotopic (exact) mass is 464 g/mol. The van der Waals surface area contributed by atoms with E-state index in [2.05, 4.69) is 5.32 Å². The molecule has 2 amide bonds. The third-order valence-corrected chi connectivity index (χ3v) is 4.91. The smallest absolute Gasteiger partial charge is 0.352 e. The Balaban J connectivity index is 2.14. The number of amides is 2. The van der Waals surface area contributed by atoms with E-state index in [-0.39, 0.29) is 12.0 Å². The Morgan fingerprint density at radius 3 is 2.12 bits per heavy atom. The van der Waals surface area contributed by atoms with Gasteiger partial charge in [0.05, 0.1) is 5.56 Å². The van der Waals surface area contributed by atoms with Gasteiger partial charge < -0.3 is 5.32 Å². The second kappa shape index (κ2) is 12.1. The topological polar surface area (TPSA) is 78.4 Å². The zero-order valence-corrected chi connectivity index (χ0v) is 17.9. The van der Waals surface area contributed by atoms with E-state index in [4.69, 9.17) is 17.4 Å². The summed E-state index contributed by atoms with van der Waals surface area (Å²) in [5, 5.41) is 12.7. The number of nitrogens with one attached hydrogen (secondary N) is 2. The van der Waals surface area contributed by atoms with Crippen molar-refractivity contribution in [2.24, 2.45) is 0 Å². The second-order valence-electron chi connectivity index (χ2n) is 7.02. The Morgan fingerprint density at radius 1 is 0.938 bits per heavy atom. The number of carbonyl (C=O) groups is 2. The fraction of sp³-hybridized carbons (Fsp3) is 0.261. The molecule has 0 heterocycles. The molecule has 0 saturated heterocycles. The summed E-state index contributed by atoms with van der Waals surface area (Å²) in [6.45, 7) is 0.335.